The average molecular weight is 413 g/mol. The van der Waals surface area contributed by atoms with Crippen LogP contribution < -0.4 is 5.32 Å². The van der Waals surface area contributed by atoms with E-state index >= 15 is 0 Å². The van der Waals surface area contributed by atoms with E-state index < -0.39 is 17.6 Å². The van der Waals surface area contributed by atoms with Crippen molar-refractivity contribution in [3.63, 3.8) is 0 Å². The molecule has 29 heavy (non-hydrogen) atoms. The van der Waals surface area contributed by atoms with Gasteiger partial charge in [0.2, 0.25) is 0 Å². The Morgan fingerprint density at radius 1 is 0.966 bits per heavy atom. The van der Waals surface area contributed by atoms with Gasteiger partial charge in [0, 0.05) is 5.56 Å². The Morgan fingerprint density at radius 3 is 2.31 bits per heavy atom. The van der Waals surface area contributed by atoms with Crippen molar-refractivity contribution >= 4 is 22.9 Å². The summed E-state index contributed by atoms with van der Waals surface area (Å²) in [5, 5.41) is 9.25. The molecule has 0 spiro atoms. The number of para-hydroxylation sites is 1. The molecular weight excluding hydrogens is 399 g/mol. The predicted octanol–water partition coefficient (Wildman–Crippen LogP) is 5.87. The van der Waals surface area contributed by atoms with Gasteiger partial charge >= 0.3 is 6.18 Å². The van der Waals surface area contributed by atoms with Crippen molar-refractivity contribution in [1.29, 1.82) is 0 Å². The zero-order valence-corrected chi connectivity index (χ0v) is 15.7. The Balaban J connectivity index is 1.65. The van der Waals surface area contributed by atoms with Crippen molar-refractivity contribution in [2.45, 2.75) is 6.18 Å². The molecule has 2 aromatic carbocycles. The Morgan fingerprint density at radius 2 is 1.69 bits per heavy atom. The number of rotatable bonds is 4. The molecule has 0 unspecified atom stereocenters. The minimum absolute atomic E-state index is 0.127. The minimum atomic E-state index is -4.45. The summed E-state index contributed by atoms with van der Waals surface area (Å²) in [6.45, 7) is 0. The molecule has 2 heterocycles. The van der Waals surface area contributed by atoms with Gasteiger partial charge in [-0.25, -0.2) is 4.68 Å². The molecule has 0 aliphatic rings. The zero-order chi connectivity index (χ0) is 20.4. The molecule has 4 aromatic rings. The lowest BCUT2D eigenvalue weighted by atomic mass is 10.1. The number of carbonyl (C=O) groups excluding carboxylic acids is 1. The van der Waals surface area contributed by atoms with Crippen LogP contribution in [0, 0.1) is 0 Å². The van der Waals surface area contributed by atoms with E-state index in [1.54, 1.807) is 10.9 Å². The number of nitrogens with one attached hydrogen (secondary N) is 1. The first kappa shape index (κ1) is 18.9. The summed E-state index contributed by atoms with van der Waals surface area (Å²) in [5.41, 5.74) is 1.21. The Labute approximate surface area is 168 Å². The van der Waals surface area contributed by atoms with E-state index in [2.05, 4.69) is 10.4 Å². The number of aromatic nitrogens is 2. The fraction of sp³-hybridized carbons (Fsp3) is 0.0476. The Hall–Kier alpha value is -3.39. The summed E-state index contributed by atoms with van der Waals surface area (Å²) in [5.74, 6) is -0.510. The lowest BCUT2D eigenvalue weighted by molar-refractivity contribution is -0.137. The number of nitrogens with zero attached hydrogens (tertiary/aromatic N) is 2. The monoisotopic (exact) mass is 413 g/mol. The summed E-state index contributed by atoms with van der Waals surface area (Å²) in [6, 6.07) is 17.3. The molecule has 0 aliphatic heterocycles. The minimum Gasteiger partial charge on any atom is -0.319 e. The highest BCUT2D eigenvalue weighted by atomic mass is 32.1. The van der Waals surface area contributed by atoms with E-state index in [1.807, 2.05) is 47.8 Å². The number of alkyl halides is 3. The molecule has 1 amide bonds. The first-order chi connectivity index (χ1) is 13.9. The number of anilines is 1. The lowest BCUT2D eigenvalue weighted by Crippen LogP contribution is -2.13. The van der Waals surface area contributed by atoms with Gasteiger partial charge in [0.25, 0.3) is 5.91 Å². The van der Waals surface area contributed by atoms with Gasteiger partial charge < -0.3 is 5.32 Å². The van der Waals surface area contributed by atoms with Crippen LogP contribution in [0.4, 0.5) is 18.9 Å². The maximum absolute atomic E-state index is 12.7. The molecule has 0 saturated heterocycles. The van der Waals surface area contributed by atoms with Crippen LogP contribution in [0.3, 0.4) is 0 Å². The van der Waals surface area contributed by atoms with Crippen molar-refractivity contribution in [2.75, 3.05) is 5.32 Å². The van der Waals surface area contributed by atoms with E-state index in [1.165, 1.54) is 11.3 Å². The highest BCUT2D eigenvalue weighted by Crippen LogP contribution is 2.32. The van der Waals surface area contributed by atoms with E-state index in [-0.39, 0.29) is 5.56 Å². The van der Waals surface area contributed by atoms with Gasteiger partial charge in [-0.05, 0) is 47.8 Å². The van der Waals surface area contributed by atoms with Crippen LogP contribution in [0.1, 0.15) is 15.9 Å². The van der Waals surface area contributed by atoms with E-state index in [4.69, 9.17) is 0 Å². The fourth-order valence-electron chi connectivity index (χ4n) is 2.78. The number of carbonyl (C=O) groups is 1. The third-order valence-electron chi connectivity index (χ3n) is 4.21. The fourth-order valence-corrected chi connectivity index (χ4v) is 3.50. The molecule has 0 atom stereocenters. The largest absolute Gasteiger partial charge is 0.416 e. The normalized spacial score (nSPS) is 11.4. The van der Waals surface area contributed by atoms with Crippen LogP contribution >= 0.6 is 11.3 Å². The summed E-state index contributed by atoms with van der Waals surface area (Å²) < 4.78 is 39.8. The number of amides is 1. The van der Waals surface area contributed by atoms with Gasteiger partial charge in [0.15, 0.2) is 0 Å². The molecule has 0 bridgehead atoms. The third-order valence-corrected chi connectivity index (χ3v) is 5.09. The maximum atomic E-state index is 12.7. The zero-order valence-electron chi connectivity index (χ0n) is 14.9. The Kier molecular flexibility index (Phi) is 4.94. The summed E-state index contributed by atoms with van der Waals surface area (Å²) >= 11 is 1.47. The van der Waals surface area contributed by atoms with Crippen LogP contribution in [-0.4, -0.2) is 15.7 Å². The van der Waals surface area contributed by atoms with E-state index in [0.717, 1.165) is 34.8 Å². The Bertz CT molecular complexity index is 1120. The number of halogens is 3. The van der Waals surface area contributed by atoms with Crippen molar-refractivity contribution in [3.05, 3.63) is 89.4 Å². The van der Waals surface area contributed by atoms with Gasteiger partial charge in [-0.3, -0.25) is 4.79 Å². The standard InChI is InChI=1S/C21H14F3N3OS/c22-21(23,24)15-10-8-14(9-11-15)20(28)25-17-13-27(16-5-2-1-3-6-16)26-19(17)18-7-4-12-29-18/h1-13H,(H,25,28). The van der Waals surface area contributed by atoms with E-state index in [9.17, 15) is 18.0 Å². The average Bonchev–Trinajstić information content (AvgIpc) is 3.38. The van der Waals surface area contributed by atoms with Crippen LogP contribution in [-0.2, 0) is 6.18 Å². The quantitative estimate of drug-likeness (QED) is 0.455. The first-order valence-corrected chi connectivity index (χ1v) is 9.47. The topological polar surface area (TPSA) is 46.9 Å². The molecule has 146 valence electrons. The number of hydrogen-bond donors (Lipinski definition) is 1. The predicted molar refractivity (Wildman–Crippen MR) is 106 cm³/mol. The van der Waals surface area contributed by atoms with Gasteiger partial charge in [-0.15, -0.1) is 11.3 Å². The van der Waals surface area contributed by atoms with Crippen LogP contribution in [0.2, 0.25) is 0 Å². The number of benzene rings is 2. The van der Waals surface area contributed by atoms with E-state index in [0.29, 0.717) is 11.4 Å². The number of thiophene rings is 1. The molecule has 0 radical (unpaired) electrons. The molecule has 4 nitrogen and oxygen atoms in total. The second-order valence-corrected chi connectivity index (χ2v) is 7.13. The molecule has 4 rings (SSSR count). The highest BCUT2D eigenvalue weighted by molar-refractivity contribution is 7.13. The van der Waals surface area contributed by atoms with Crippen LogP contribution in [0.5, 0.6) is 0 Å². The van der Waals surface area contributed by atoms with Crippen molar-refractivity contribution in [2.24, 2.45) is 0 Å². The molecule has 0 saturated carbocycles. The SMILES string of the molecule is O=C(Nc1cn(-c2ccccc2)nc1-c1cccs1)c1ccc(C(F)(F)F)cc1. The summed E-state index contributed by atoms with van der Waals surface area (Å²) in [6.07, 6.45) is -2.76. The smallest absolute Gasteiger partial charge is 0.319 e. The van der Waals surface area contributed by atoms with Gasteiger partial charge in [-0.1, -0.05) is 24.3 Å². The van der Waals surface area contributed by atoms with Crippen molar-refractivity contribution in [3.8, 4) is 16.3 Å². The third kappa shape index (κ3) is 4.07. The molecule has 2 aromatic heterocycles. The molecule has 1 N–H and O–H groups in total. The summed E-state index contributed by atoms with van der Waals surface area (Å²) in [4.78, 5) is 13.5. The summed E-state index contributed by atoms with van der Waals surface area (Å²) in [7, 11) is 0. The second-order valence-electron chi connectivity index (χ2n) is 6.18. The van der Waals surface area contributed by atoms with Gasteiger partial charge in [0.05, 0.1) is 28.0 Å². The first-order valence-electron chi connectivity index (χ1n) is 8.59. The van der Waals surface area contributed by atoms with Crippen LogP contribution in [0.25, 0.3) is 16.3 Å². The molecule has 8 heteroatoms. The molecule has 0 aliphatic carbocycles. The highest BCUT2D eigenvalue weighted by Gasteiger charge is 2.30. The number of hydrogen-bond acceptors (Lipinski definition) is 3. The molecular formula is C21H14F3N3OS. The second kappa shape index (κ2) is 7.56. The van der Waals surface area contributed by atoms with Gasteiger partial charge in [0.1, 0.15) is 5.69 Å². The van der Waals surface area contributed by atoms with Gasteiger partial charge in [-0.2, -0.15) is 18.3 Å². The van der Waals surface area contributed by atoms with Crippen LogP contribution in [0.15, 0.2) is 78.3 Å². The lowest BCUT2D eigenvalue weighted by Gasteiger charge is -2.08. The van der Waals surface area contributed by atoms with Crippen molar-refractivity contribution in [1.82, 2.24) is 9.78 Å². The maximum Gasteiger partial charge on any atom is 0.416 e. The van der Waals surface area contributed by atoms with Crippen molar-refractivity contribution < 1.29 is 18.0 Å². The molecule has 0 fully saturated rings.